The molecule has 1 unspecified atom stereocenters. The lowest BCUT2D eigenvalue weighted by atomic mass is 10.0. The largest absolute Gasteiger partial charge is 0.466 e. The molecule has 1 aliphatic rings. The maximum atomic E-state index is 12.4. The molecule has 6 heteroatoms. The Morgan fingerprint density at radius 2 is 1.93 bits per heavy atom. The molecule has 1 aliphatic carbocycles. The summed E-state index contributed by atoms with van der Waals surface area (Å²) in [6.45, 7) is 3.18. The first-order valence-electron chi connectivity index (χ1n) is 9.56. The van der Waals surface area contributed by atoms with Crippen molar-refractivity contribution in [1.29, 1.82) is 0 Å². The number of rotatable bonds is 11. The number of unbranched alkanes of at least 4 members (excludes halogenated alkanes) is 3. The summed E-state index contributed by atoms with van der Waals surface area (Å²) < 4.78 is 22.7. The predicted molar refractivity (Wildman–Crippen MR) is 113 cm³/mol. The van der Waals surface area contributed by atoms with E-state index < -0.39 is 0 Å². The molecule has 0 bridgehead atoms. The highest BCUT2D eigenvalue weighted by Gasteiger charge is 2.20. The first kappa shape index (κ1) is 22.2. The number of halogens is 1. The monoisotopic (exact) mass is 488 g/mol. The Kier molecular flexibility index (Phi) is 10.2. The van der Waals surface area contributed by atoms with Crippen LogP contribution in [0.15, 0.2) is 30.4 Å². The van der Waals surface area contributed by atoms with Crippen molar-refractivity contribution >= 4 is 28.6 Å². The van der Waals surface area contributed by atoms with Crippen molar-refractivity contribution in [3.05, 3.63) is 39.5 Å². The Bertz CT molecular complexity index is 617. The molecule has 0 N–H and O–H groups in total. The molecule has 27 heavy (non-hydrogen) atoms. The molecule has 0 fully saturated rings. The van der Waals surface area contributed by atoms with Gasteiger partial charge in [-0.2, -0.15) is 0 Å². The molecule has 0 saturated heterocycles. The van der Waals surface area contributed by atoms with Crippen LogP contribution in [0.1, 0.15) is 55.8 Å². The molecule has 0 aliphatic heterocycles. The number of esters is 1. The van der Waals surface area contributed by atoms with E-state index in [0.717, 1.165) is 29.4 Å². The van der Waals surface area contributed by atoms with Gasteiger partial charge >= 0.3 is 5.97 Å². The van der Waals surface area contributed by atoms with Gasteiger partial charge in [-0.15, -0.1) is 0 Å². The second-order valence-corrected chi connectivity index (χ2v) is 7.73. The quantitative estimate of drug-likeness (QED) is 0.142. The van der Waals surface area contributed by atoms with Crippen LogP contribution in [0, 0.1) is 3.57 Å². The second-order valence-electron chi connectivity index (χ2n) is 6.57. The number of hydrogen-bond donors (Lipinski definition) is 0. The van der Waals surface area contributed by atoms with Gasteiger partial charge in [0.2, 0.25) is 0 Å². The number of carbonyl (C=O) groups excluding carboxylic acids is 1. The fourth-order valence-corrected chi connectivity index (χ4v) is 3.51. The van der Waals surface area contributed by atoms with E-state index in [2.05, 4.69) is 29.5 Å². The second kappa shape index (κ2) is 12.4. The lowest BCUT2D eigenvalue weighted by Crippen LogP contribution is -2.24. The van der Waals surface area contributed by atoms with Gasteiger partial charge in [0.15, 0.2) is 6.79 Å². The zero-order chi connectivity index (χ0) is 19.5. The lowest BCUT2D eigenvalue weighted by molar-refractivity contribution is 0.0251. The van der Waals surface area contributed by atoms with Crippen LogP contribution < -0.4 is 4.74 Å². The molecule has 150 valence electrons. The number of hydrogen-bond acceptors (Lipinski definition) is 5. The maximum absolute atomic E-state index is 12.4. The highest BCUT2D eigenvalue weighted by atomic mass is 127. The highest BCUT2D eigenvalue weighted by Crippen LogP contribution is 2.24. The van der Waals surface area contributed by atoms with Crippen LogP contribution in [0.2, 0.25) is 0 Å². The van der Waals surface area contributed by atoms with E-state index in [1.807, 2.05) is 12.2 Å². The van der Waals surface area contributed by atoms with Crippen molar-refractivity contribution in [2.45, 2.75) is 57.7 Å². The van der Waals surface area contributed by atoms with Crippen molar-refractivity contribution < 1.29 is 23.7 Å². The van der Waals surface area contributed by atoms with Crippen LogP contribution in [0.25, 0.3) is 0 Å². The Balaban J connectivity index is 1.78. The minimum Gasteiger partial charge on any atom is -0.466 e. The third-order valence-corrected chi connectivity index (χ3v) is 5.21. The predicted octanol–water partition coefficient (Wildman–Crippen LogP) is 5.11. The van der Waals surface area contributed by atoms with Gasteiger partial charge in [0.1, 0.15) is 11.9 Å². The van der Waals surface area contributed by atoms with E-state index in [9.17, 15) is 4.79 Å². The molecule has 1 aromatic rings. The summed E-state index contributed by atoms with van der Waals surface area (Å²) in [5.41, 5.74) is 0.520. The fraction of sp³-hybridized carbons (Fsp3) is 0.571. The molecule has 0 heterocycles. The zero-order valence-electron chi connectivity index (χ0n) is 16.1. The molecule has 2 rings (SSSR count). The van der Waals surface area contributed by atoms with Crippen LogP contribution in [0.4, 0.5) is 0 Å². The average Bonchev–Trinajstić information content (AvgIpc) is 2.68. The van der Waals surface area contributed by atoms with Gasteiger partial charge in [0, 0.05) is 13.7 Å². The van der Waals surface area contributed by atoms with Crippen LogP contribution in [0.5, 0.6) is 5.75 Å². The lowest BCUT2D eigenvalue weighted by Gasteiger charge is -2.23. The molecule has 0 radical (unpaired) electrons. The Labute approximate surface area is 175 Å². The van der Waals surface area contributed by atoms with Crippen LogP contribution in [-0.4, -0.2) is 38.7 Å². The molecule has 5 nitrogen and oxygen atoms in total. The van der Waals surface area contributed by atoms with Gasteiger partial charge in [-0.05, 0) is 66.1 Å². The Morgan fingerprint density at radius 1 is 1.15 bits per heavy atom. The minimum absolute atomic E-state index is 0.139. The van der Waals surface area contributed by atoms with E-state index in [0.29, 0.717) is 11.3 Å². The van der Waals surface area contributed by atoms with Gasteiger partial charge in [0.25, 0.3) is 0 Å². The topological polar surface area (TPSA) is 54.0 Å². The first-order chi connectivity index (χ1) is 13.1. The number of methoxy groups -OCH3 is 1. The number of carbonyl (C=O) groups is 1. The van der Waals surface area contributed by atoms with E-state index in [1.165, 1.54) is 19.3 Å². The summed E-state index contributed by atoms with van der Waals surface area (Å²) in [6.07, 6.45) is 10.4. The van der Waals surface area contributed by atoms with Gasteiger partial charge < -0.3 is 18.9 Å². The third-order valence-electron chi connectivity index (χ3n) is 4.36. The van der Waals surface area contributed by atoms with Crippen molar-refractivity contribution in [3.8, 4) is 5.75 Å². The van der Waals surface area contributed by atoms with E-state index >= 15 is 0 Å². The minimum atomic E-state index is -0.320. The van der Waals surface area contributed by atoms with Gasteiger partial charge in [-0.1, -0.05) is 32.3 Å². The smallest absolute Gasteiger partial charge is 0.338 e. The zero-order valence-corrected chi connectivity index (χ0v) is 18.3. The normalized spacial score (nSPS) is 19.1. The van der Waals surface area contributed by atoms with Crippen molar-refractivity contribution in [2.24, 2.45) is 0 Å². The third kappa shape index (κ3) is 7.79. The van der Waals surface area contributed by atoms with E-state index in [1.54, 1.807) is 25.3 Å². The van der Waals surface area contributed by atoms with Crippen LogP contribution in [-0.2, 0) is 14.2 Å². The fourth-order valence-electron chi connectivity index (χ4n) is 2.84. The SMILES string of the molecule is CCCCCCO[C@@H]1C=CC(OC(=O)c2ccc(OCOC)c(I)c2)CC1. The summed E-state index contributed by atoms with van der Waals surface area (Å²) in [7, 11) is 1.57. The Morgan fingerprint density at radius 3 is 2.59 bits per heavy atom. The summed E-state index contributed by atoms with van der Waals surface area (Å²) in [4.78, 5) is 12.4. The molecule has 0 aromatic heterocycles. The molecular weight excluding hydrogens is 459 g/mol. The van der Waals surface area contributed by atoms with Crippen molar-refractivity contribution in [3.63, 3.8) is 0 Å². The Hall–Kier alpha value is -1.12. The average molecular weight is 488 g/mol. The molecular formula is C21H29IO5. The molecule has 0 saturated carbocycles. The molecule has 0 spiro atoms. The summed E-state index contributed by atoms with van der Waals surface area (Å²) in [5.74, 6) is 0.366. The highest BCUT2D eigenvalue weighted by molar-refractivity contribution is 14.1. The maximum Gasteiger partial charge on any atom is 0.338 e. The summed E-state index contributed by atoms with van der Waals surface area (Å²) in [5, 5.41) is 0. The molecule has 2 atom stereocenters. The first-order valence-corrected chi connectivity index (χ1v) is 10.6. The molecule has 1 aromatic carbocycles. The van der Waals surface area contributed by atoms with Gasteiger partial charge in [-0.3, -0.25) is 0 Å². The van der Waals surface area contributed by atoms with Crippen LogP contribution >= 0.6 is 22.6 Å². The van der Waals surface area contributed by atoms with E-state index in [-0.39, 0.29) is 25.0 Å². The standard InChI is InChI=1S/C21H29IO5/c1-3-4-5-6-13-25-17-8-10-18(11-9-17)27-21(23)16-7-12-20(19(22)14-16)26-15-24-2/h7-8,10,12,14,17-18H,3-6,9,11,13,15H2,1-2H3/t17-,18?/m1/s1. The van der Waals surface area contributed by atoms with E-state index in [4.69, 9.17) is 18.9 Å². The van der Waals surface area contributed by atoms with Crippen molar-refractivity contribution in [1.82, 2.24) is 0 Å². The van der Waals surface area contributed by atoms with Gasteiger partial charge in [0.05, 0.1) is 15.2 Å². The number of benzene rings is 1. The summed E-state index contributed by atoms with van der Waals surface area (Å²) in [6, 6.07) is 5.24. The molecule has 0 amide bonds. The van der Waals surface area contributed by atoms with Crippen LogP contribution in [0.3, 0.4) is 0 Å². The van der Waals surface area contributed by atoms with Crippen molar-refractivity contribution in [2.75, 3.05) is 20.5 Å². The number of ether oxygens (including phenoxy) is 4. The van der Waals surface area contributed by atoms with Gasteiger partial charge in [-0.25, -0.2) is 4.79 Å². The summed E-state index contributed by atoms with van der Waals surface area (Å²) >= 11 is 2.13.